The van der Waals surface area contributed by atoms with Crippen LogP contribution in [0.25, 0.3) is 0 Å². The lowest BCUT2D eigenvalue weighted by Gasteiger charge is -2.37. The van der Waals surface area contributed by atoms with E-state index in [0.717, 1.165) is 31.0 Å². The van der Waals surface area contributed by atoms with E-state index < -0.39 is 29.7 Å². The van der Waals surface area contributed by atoms with Gasteiger partial charge in [-0.25, -0.2) is 0 Å². The zero-order valence-electron chi connectivity index (χ0n) is 19.6. The van der Waals surface area contributed by atoms with Gasteiger partial charge in [-0.15, -0.1) is 0 Å². The first-order valence-electron chi connectivity index (χ1n) is 12.2. The smallest absolute Gasteiger partial charge is 0.264 e. The molecule has 5 rings (SSSR count). The van der Waals surface area contributed by atoms with E-state index in [4.69, 9.17) is 5.73 Å². The molecule has 0 aromatic heterocycles. The number of piperazine rings is 1. The molecule has 4 heterocycles. The monoisotopic (exact) mass is 482 g/mol. The Morgan fingerprint density at radius 3 is 2.46 bits per heavy atom. The van der Waals surface area contributed by atoms with Crippen molar-refractivity contribution in [3.63, 3.8) is 0 Å². The van der Waals surface area contributed by atoms with Gasteiger partial charge in [-0.05, 0) is 25.0 Å². The summed E-state index contributed by atoms with van der Waals surface area (Å²) in [5.41, 5.74) is 7.18. The molecule has 11 nitrogen and oxygen atoms in total. The highest BCUT2D eigenvalue weighted by atomic mass is 16.2. The maximum atomic E-state index is 13.3. The van der Waals surface area contributed by atoms with Crippen LogP contribution < -0.4 is 16.0 Å². The predicted octanol–water partition coefficient (Wildman–Crippen LogP) is -0.840. The summed E-state index contributed by atoms with van der Waals surface area (Å²) in [6, 6.07) is 4.28. The van der Waals surface area contributed by atoms with Crippen LogP contribution in [0.4, 0.5) is 5.69 Å². The van der Waals surface area contributed by atoms with Crippen LogP contribution in [0.5, 0.6) is 0 Å². The van der Waals surface area contributed by atoms with Crippen molar-refractivity contribution < 1.29 is 24.0 Å². The lowest BCUT2D eigenvalue weighted by atomic mass is 10.0. The second-order valence-electron chi connectivity index (χ2n) is 9.61. The molecule has 3 saturated heterocycles. The molecule has 0 saturated carbocycles. The van der Waals surface area contributed by atoms with Gasteiger partial charge in [-0.2, -0.15) is 0 Å². The Kier molecular flexibility index (Phi) is 6.28. The average molecular weight is 483 g/mol. The molecule has 2 atom stereocenters. The van der Waals surface area contributed by atoms with Crippen molar-refractivity contribution in [2.24, 2.45) is 5.73 Å². The molecule has 0 aliphatic carbocycles. The fraction of sp³-hybridized carbons (Fsp3) is 0.542. The van der Waals surface area contributed by atoms with Gasteiger partial charge in [0, 0.05) is 64.7 Å². The van der Waals surface area contributed by atoms with Crippen molar-refractivity contribution in [1.29, 1.82) is 0 Å². The minimum absolute atomic E-state index is 0.0793. The van der Waals surface area contributed by atoms with Crippen LogP contribution in [0.1, 0.15) is 46.4 Å². The zero-order valence-corrected chi connectivity index (χ0v) is 19.6. The Labute approximate surface area is 203 Å². The van der Waals surface area contributed by atoms with Gasteiger partial charge in [0.25, 0.3) is 11.8 Å². The number of anilines is 1. The Balaban J connectivity index is 1.23. The average Bonchev–Trinajstić information content (AvgIpc) is 3.39. The van der Waals surface area contributed by atoms with Crippen LogP contribution >= 0.6 is 0 Å². The van der Waals surface area contributed by atoms with Crippen molar-refractivity contribution in [2.75, 3.05) is 50.7 Å². The normalized spacial score (nSPS) is 25.3. The topological polar surface area (TPSA) is 136 Å². The van der Waals surface area contributed by atoms with Gasteiger partial charge < -0.3 is 15.5 Å². The van der Waals surface area contributed by atoms with E-state index in [1.807, 2.05) is 11.0 Å². The first kappa shape index (κ1) is 23.4. The van der Waals surface area contributed by atoms with Crippen LogP contribution in [0, 0.1) is 0 Å². The number of likely N-dealkylation sites (tertiary alicyclic amines) is 1. The minimum atomic E-state index is -0.979. The summed E-state index contributed by atoms with van der Waals surface area (Å²) in [5, 5.41) is 2.22. The van der Waals surface area contributed by atoms with Crippen LogP contribution in [0.15, 0.2) is 18.2 Å². The second kappa shape index (κ2) is 9.38. The van der Waals surface area contributed by atoms with Gasteiger partial charge in [-0.1, -0.05) is 6.07 Å². The van der Waals surface area contributed by atoms with Gasteiger partial charge in [0.15, 0.2) is 0 Å². The molecule has 11 heteroatoms. The highest BCUT2D eigenvalue weighted by Gasteiger charge is 2.46. The van der Waals surface area contributed by atoms with Crippen LogP contribution in [0.3, 0.4) is 0 Å². The number of piperidine rings is 1. The van der Waals surface area contributed by atoms with Crippen LogP contribution in [0.2, 0.25) is 0 Å². The molecule has 3 fully saturated rings. The van der Waals surface area contributed by atoms with Crippen molar-refractivity contribution in [3.8, 4) is 0 Å². The molecule has 0 bridgehead atoms. The summed E-state index contributed by atoms with van der Waals surface area (Å²) < 4.78 is 0. The number of hydrogen-bond donors (Lipinski definition) is 2. The van der Waals surface area contributed by atoms with E-state index in [1.165, 1.54) is 0 Å². The number of rotatable bonds is 5. The van der Waals surface area contributed by atoms with Gasteiger partial charge in [0.05, 0.1) is 16.8 Å². The number of fused-ring (bicyclic) bond motifs is 1. The summed E-state index contributed by atoms with van der Waals surface area (Å²) in [7, 11) is 0. The fourth-order valence-electron chi connectivity index (χ4n) is 5.40. The lowest BCUT2D eigenvalue weighted by Crippen LogP contribution is -2.54. The van der Waals surface area contributed by atoms with E-state index in [0.29, 0.717) is 43.9 Å². The molecule has 35 heavy (non-hydrogen) atoms. The highest BCUT2D eigenvalue weighted by molar-refractivity contribution is 6.25. The maximum absolute atomic E-state index is 13.3. The molecule has 1 unspecified atom stereocenters. The van der Waals surface area contributed by atoms with Crippen molar-refractivity contribution in [3.05, 3.63) is 29.3 Å². The number of nitrogens with two attached hydrogens (primary N) is 1. The first-order valence-corrected chi connectivity index (χ1v) is 12.2. The van der Waals surface area contributed by atoms with Crippen LogP contribution in [-0.4, -0.2) is 102 Å². The number of amides is 5. The number of nitrogens with one attached hydrogen (secondary N) is 1. The summed E-state index contributed by atoms with van der Waals surface area (Å²) in [4.78, 5) is 69.8. The third-order valence-corrected chi connectivity index (χ3v) is 7.38. The Morgan fingerprint density at radius 1 is 1.00 bits per heavy atom. The molecule has 0 radical (unpaired) electrons. The van der Waals surface area contributed by atoms with Gasteiger partial charge in [0.1, 0.15) is 6.04 Å². The van der Waals surface area contributed by atoms with Gasteiger partial charge in [0.2, 0.25) is 17.7 Å². The molecule has 1 aromatic carbocycles. The summed E-state index contributed by atoms with van der Waals surface area (Å²) in [6.45, 7) is 4.80. The lowest BCUT2D eigenvalue weighted by molar-refractivity contribution is -0.136. The number of nitrogens with zero attached hydrogens (tertiary/aromatic N) is 4. The maximum Gasteiger partial charge on any atom is 0.264 e. The molecular formula is C24H30N6O5. The quantitative estimate of drug-likeness (QED) is 0.519. The summed E-state index contributed by atoms with van der Waals surface area (Å²) in [5.74, 6) is -1.87. The molecule has 186 valence electrons. The van der Waals surface area contributed by atoms with Crippen LogP contribution in [-0.2, 0) is 14.4 Å². The molecule has 1 aromatic rings. The molecule has 5 amide bonds. The van der Waals surface area contributed by atoms with E-state index in [-0.39, 0.29) is 30.4 Å². The SMILES string of the molecule is N[C@@H]1CCN(C(=O)CCN2CCN(c3cccc4c3C(=O)N(C3CCC(=O)NC3=O)C4=O)CC2)C1. The summed E-state index contributed by atoms with van der Waals surface area (Å²) in [6.07, 6.45) is 1.54. The van der Waals surface area contributed by atoms with Crippen molar-refractivity contribution in [1.82, 2.24) is 20.0 Å². The number of benzene rings is 1. The summed E-state index contributed by atoms with van der Waals surface area (Å²) >= 11 is 0. The number of imide groups is 2. The Hall–Kier alpha value is -3.31. The highest BCUT2D eigenvalue weighted by Crippen LogP contribution is 2.34. The number of carbonyl (C=O) groups is 5. The van der Waals surface area contributed by atoms with E-state index in [9.17, 15) is 24.0 Å². The van der Waals surface area contributed by atoms with E-state index in [2.05, 4.69) is 15.1 Å². The van der Waals surface area contributed by atoms with Crippen molar-refractivity contribution >= 4 is 35.2 Å². The molecule has 4 aliphatic heterocycles. The van der Waals surface area contributed by atoms with Gasteiger partial charge in [-0.3, -0.25) is 39.1 Å². The molecule has 4 aliphatic rings. The predicted molar refractivity (Wildman–Crippen MR) is 126 cm³/mol. The second-order valence-corrected chi connectivity index (χ2v) is 9.61. The zero-order chi connectivity index (χ0) is 24.7. The van der Waals surface area contributed by atoms with Crippen molar-refractivity contribution in [2.45, 2.75) is 37.8 Å². The largest absolute Gasteiger partial charge is 0.368 e. The first-order chi connectivity index (χ1) is 16.8. The Morgan fingerprint density at radius 2 is 1.77 bits per heavy atom. The molecule has 3 N–H and O–H groups in total. The number of hydrogen-bond acceptors (Lipinski definition) is 8. The van der Waals surface area contributed by atoms with E-state index >= 15 is 0 Å². The standard InChI is InChI=1S/C24H30N6O5/c25-15-6-9-29(14-15)20(32)7-8-27-10-12-28(13-11-27)17-3-1-2-16-21(17)24(35)30(23(16)34)18-4-5-19(31)26-22(18)33/h1-3,15,18H,4-14,25H2,(H,26,31,33)/t15-,18?/m1/s1. The Bertz CT molecular complexity index is 1080. The molecular weight excluding hydrogens is 452 g/mol. The third kappa shape index (κ3) is 4.41. The molecule has 0 spiro atoms. The minimum Gasteiger partial charge on any atom is -0.368 e. The fourth-order valence-corrected chi connectivity index (χ4v) is 5.40. The van der Waals surface area contributed by atoms with Gasteiger partial charge >= 0.3 is 0 Å². The third-order valence-electron chi connectivity index (χ3n) is 7.38. The number of carbonyl (C=O) groups excluding carboxylic acids is 5. The van der Waals surface area contributed by atoms with E-state index in [1.54, 1.807) is 12.1 Å².